The molecule has 7 heteroatoms. The van der Waals surface area contributed by atoms with Gasteiger partial charge < -0.3 is 9.72 Å². The fourth-order valence-corrected chi connectivity index (χ4v) is 2.01. The Morgan fingerprint density at radius 1 is 1.27 bits per heavy atom. The van der Waals surface area contributed by atoms with E-state index in [2.05, 4.69) is 32.2 Å². The SMILES string of the molecule is C=CCOc1cccc(-c2ccc(-c3nnn[nH]3)c(=O)[nH]2)c1. The van der Waals surface area contributed by atoms with Gasteiger partial charge in [-0.05, 0) is 34.7 Å². The van der Waals surface area contributed by atoms with Gasteiger partial charge in [0, 0.05) is 11.3 Å². The molecule has 0 unspecified atom stereocenters. The number of rotatable bonds is 5. The maximum Gasteiger partial charge on any atom is 0.259 e. The Hall–Kier alpha value is -3.22. The Morgan fingerprint density at radius 3 is 2.91 bits per heavy atom. The number of benzene rings is 1. The van der Waals surface area contributed by atoms with Crippen molar-refractivity contribution in [2.45, 2.75) is 0 Å². The number of aromatic nitrogens is 5. The Balaban J connectivity index is 1.94. The van der Waals surface area contributed by atoms with E-state index in [1.807, 2.05) is 24.3 Å². The minimum atomic E-state index is -0.270. The van der Waals surface area contributed by atoms with E-state index in [9.17, 15) is 4.79 Å². The van der Waals surface area contributed by atoms with Gasteiger partial charge in [0.2, 0.25) is 0 Å². The summed E-state index contributed by atoms with van der Waals surface area (Å²) in [6.07, 6.45) is 1.68. The lowest BCUT2D eigenvalue weighted by Gasteiger charge is -2.06. The van der Waals surface area contributed by atoms with Gasteiger partial charge in [0.1, 0.15) is 12.4 Å². The number of ether oxygens (including phenoxy) is 1. The molecule has 3 aromatic rings. The van der Waals surface area contributed by atoms with Crippen molar-refractivity contribution in [1.82, 2.24) is 25.6 Å². The highest BCUT2D eigenvalue weighted by Crippen LogP contribution is 2.22. The Bertz CT molecular complexity index is 839. The van der Waals surface area contributed by atoms with E-state index in [0.29, 0.717) is 29.4 Å². The molecular formula is C15H13N5O2. The number of nitrogens with one attached hydrogen (secondary N) is 2. The molecule has 0 fully saturated rings. The molecule has 0 bridgehead atoms. The summed E-state index contributed by atoms with van der Waals surface area (Å²) in [5.41, 5.74) is 1.65. The van der Waals surface area contributed by atoms with Crippen LogP contribution in [0.25, 0.3) is 22.6 Å². The molecule has 2 heterocycles. The Morgan fingerprint density at radius 2 is 2.18 bits per heavy atom. The van der Waals surface area contributed by atoms with E-state index in [4.69, 9.17) is 4.74 Å². The summed E-state index contributed by atoms with van der Waals surface area (Å²) in [4.78, 5) is 15.0. The van der Waals surface area contributed by atoms with Gasteiger partial charge in [-0.3, -0.25) is 4.79 Å². The van der Waals surface area contributed by atoms with E-state index in [0.717, 1.165) is 5.56 Å². The molecule has 0 aliphatic carbocycles. The second-order valence-electron chi connectivity index (χ2n) is 4.49. The largest absolute Gasteiger partial charge is 0.490 e. The molecular weight excluding hydrogens is 282 g/mol. The summed E-state index contributed by atoms with van der Waals surface area (Å²) in [7, 11) is 0. The van der Waals surface area contributed by atoms with Gasteiger partial charge in [0.25, 0.3) is 5.56 Å². The highest BCUT2D eigenvalue weighted by Gasteiger charge is 2.09. The first-order valence-electron chi connectivity index (χ1n) is 6.59. The van der Waals surface area contributed by atoms with Gasteiger partial charge in [-0.1, -0.05) is 24.8 Å². The van der Waals surface area contributed by atoms with Gasteiger partial charge >= 0.3 is 0 Å². The van der Waals surface area contributed by atoms with Crippen molar-refractivity contribution in [3.63, 3.8) is 0 Å². The first-order valence-corrected chi connectivity index (χ1v) is 6.59. The van der Waals surface area contributed by atoms with Crippen molar-refractivity contribution in [3.8, 4) is 28.4 Å². The molecule has 110 valence electrons. The van der Waals surface area contributed by atoms with Crippen molar-refractivity contribution < 1.29 is 4.74 Å². The maximum absolute atomic E-state index is 12.2. The molecule has 0 saturated carbocycles. The average molecular weight is 295 g/mol. The highest BCUT2D eigenvalue weighted by atomic mass is 16.5. The normalized spacial score (nSPS) is 10.4. The van der Waals surface area contributed by atoms with Crippen LogP contribution in [0.15, 0.2) is 53.8 Å². The minimum Gasteiger partial charge on any atom is -0.490 e. The van der Waals surface area contributed by atoms with Crippen LogP contribution in [0.5, 0.6) is 5.75 Å². The number of nitrogens with zero attached hydrogens (tertiary/aromatic N) is 3. The monoisotopic (exact) mass is 295 g/mol. The number of aromatic amines is 2. The van der Waals surface area contributed by atoms with E-state index >= 15 is 0 Å². The lowest BCUT2D eigenvalue weighted by atomic mass is 10.1. The molecule has 0 atom stereocenters. The predicted octanol–water partition coefficient (Wildman–Crippen LogP) is 1.79. The van der Waals surface area contributed by atoms with Crippen molar-refractivity contribution in [1.29, 1.82) is 0 Å². The van der Waals surface area contributed by atoms with E-state index in [1.165, 1.54) is 0 Å². The van der Waals surface area contributed by atoms with Crippen molar-refractivity contribution in [2.75, 3.05) is 6.61 Å². The quantitative estimate of drug-likeness (QED) is 0.699. The summed E-state index contributed by atoms with van der Waals surface area (Å²) in [6.45, 7) is 4.04. The van der Waals surface area contributed by atoms with Crippen LogP contribution in [-0.2, 0) is 0 Å². The van der Waals surface area contributed by atoms with Gasteiger partial charge in [0.05, 0.1) is 5.56 Å². The Kier molecular flexibility index (Phi) is 3.78. The lowest BCUT2D eigenvalue weighted by Crippen LogP contribution is -2.10. The topological polar surface area (TPSA) is 96.6 Å². The molecule has 0 radical (unpaired) electrons. The standard InChI is InChI=1S/C15H13N5O2/c1-2-8-22-11-5-3-4-10(9-11)13-7-6-12(15(21)16-13)14-17-19-20-18-14/h2-7,9H,1,8H2,(H,16,21)(H,17,18,19,20). The summed E-state index contributed by atoms with van der Waals surface area (Å²) >= 11 is 0. The summed E-state index contributed by atoms with van der Waals surface area (Å²) in [5.74, 6) is 1.04. The van der Waals surface area contributed by atoms with Crippen molar-refractivity contribution in [2.24, 2.45) is 0 Å². The van der Waals surface area contributed by atoms with E-state index in [1.54, 1.807) is 18.2 Å². The van der Waals surface area contributed by atoms with Crippen LogP contribution in [0.2, 0.25) is 0 Å². The fraction of sp³-hybridized carbons (Fsp3) is 0.0667. The predicted molar refractivity (Wildman–Crippen MR) is 81.4 cm³/mol. The number of pyridine rings is 1. The van der Waals surface area contributed by atoms with Crippen LogP contribution < -0.4 is 10.3 Å². The summed E-state index contributed by atoms with van der Waals surface area (Å²) in [6, 6.07) is 10.9. The van der Waals surface area contributed by atoms with Gasteiger partial charge in [-0.2, -0.15) is 0 Å². The van der Waals surface area contributed by atoms with Crippen LogP contribution in [0.3, 0.4) is 0 Å². The fourth-order valence-electron chi connectivity index (χ4n) is 2.01. The first kappa shape index (κ1) is 13.7. The van der Waals surface area contributed by atoms with E-state index < -0.39 is 0 Å². The van der Waals surface area contributed by atoms with Crippen molar-refractivity contribution in [3.05, 3.63) is 59.4 Å². The molecule has 22 heavy (non-hydrogen) atoms. The molecule has 0 aliphatic heterocycles. The third kappa shape index (κ3) is 2.78. The molecule has 7 nitrogen and oxygen atoms in total. The molecule has 0 spiro atoms. The van der Waals surface area contributed by atoms with E-state index in [-0.39, 0.29) is 5.56 Å². The van der Waals surface area contributed by atoms with Crippen LogP contribution in [0.1, 0.15) is 0 Å². The molecule has 0 saturated heterocycles. The zero-order chi connectivity index (χ0) is 15.4. The molecule has 2 N–H and O–H groups in total. The second kappa shape index (κ2) is 6.04. The smallest absolute Gasteiger partial charge is 0.259 e. The van der Waals surface area contributed by atoms with Crippen molar-refractivity contribution >= 4 is 0 Å². The third-order valence-corrected chi connectivity index (χ3v) is 3.02. The average Bonchev–Trinajstić information content (AvgIpc) is 3.07. The molecule has 2 aromatic heterocycles. The lowest BCUT2D eigenvalue weighted by molar-refractivity contribution is 0.363. The molecule has 0 aliphatic rings. The summed E-state index contributed by atoms with van der Waals surface area (Å²) < 4.78 is 5.49. The van der Waals surface area contributed by atoms with Crippen LogP contribution in [0, 0.1) is 0 Å². The van der Waals surface area contributed by atoms with Crippen LogP contribution in [0.4, 0.5) is 0 Å². The number of tetrazole rings is 1. The summed E-state index contributed by atoms with van der Waals surface area (Å²) in [5, 5.41) is 13.2. The van der Waals surface area contributed by atoms with Gasteiger partial charge in [-0.15, -0.1) is 5.10 Å². The first-order chi connectivity index (χ1) is 10.8. The minimum absolute atomic E-state index is 0.270. The zero-order valence-electron chi connectivity index (χ0n) is 11.6. The zero-order valence-corrected chi connectivity index (χ0v) is 11.6. The van der Waals surface area contributed by atoms with Crippen LogP contribution in [-0.4, -0.2) is 32.2 Å². The highest BCUT2D eigenvalue weighted by molar-refractivity contribution is 5.64. The molecule has 3 rings (SSSR count). The third-order valence-electron chi connectivity index (χ3n) is 3.02. The number of hydrogen-bond donors (Lipinski definition) is 2. The van der Waals surface area contributed by atoms with Crippen LogP contribution >= 0.6 is 0 Å². The number of H-pyrrole nitrogens is 2. The second-order valence-corrected chi connectivity index (χ2v) is 4.49. The molecule has 1 aromatic carbocycles. The Labute approximate surface area is 125 Å². The van der Waals surface area contributed by atoms with Gasteiger partial charge in [0.15, 0.2) is 5.82 Å². The maximum atomic E-state index is 12.2. The molecule has 0 amide bonds. The number of hydrogen-bond acceptors (Lipinski definition) is 5. The van der Waals surface area contributed by atoms with Gasteiger partial charge in [-0.25, -0.2) is 5.10 Å².